The summed E-state index contributed by atoms with van der Waals surface area (Å²) in [6, 6.07) is 0. The Bertz CT molecular complexity index is 564. The minimum atomic E-state index is 0.328. The van der Waals surface area contributed by atoms with Gasteiger partial charge in [-0.25, -0.2) is 0 Å². The second-order valence-electron chi connectivity index (χ2n) is 6.55. The van der Waals surface area contributed by atoms with Crippen LogP contribution in [0.1, 0.15) is 36.7 Å². The molecule has 2 rings (SSSR count). The number of aryl methyl sites for hydroxylation is 1. The van der Waals surface area contributed by atoms with Crippen molar-refractivity contribution in [1.82, 2.24) is 20.4 Å². The van der Waals surface area contributed by atoms with Gasteiger partial charge in [0.1, 0.15) is 0 Å². The quantitative estimate of drug-likeness (QED) is 0.581. The van der Waals surface area contributed by atoms with Crippen molar-refractivity contribution in [3.63, 3.8) is 0 Å². The van der Waals surface area contributed by atoms with Gasteiger partial charge in [-0.05, 0) is 39.4 Å². The van der Waals surface area contributed by atoms with Gasteiger partial charge in [-0.15, -0.1) is 0 Å². The van der Waals surface area contributed by atoms with Crippen LogP contribution in [0.4, 0.5) is 0 Å². The van der Waals surface area contributed by atoms with Gasteiger partial charge in [0, 0.05) is 43.3 Å². The van der Waals surface area contributed by atoms with Gasteiger partial charge >= 0.3 is 0 Å². The maximum Gasteiger partial charge on any atom is 0.191 e. The number of aliphatic imine (C=N–C) groups is 1. The van der Waals surface area contributed by atoms with Crippen LogP contribution in [0.25, 0.3) is 0 Å². The number of aromatic nitrogens is 2. The molecule has 1 atom stereocenters. The van der Waals surface area contributed by atoms with Crippen molar-refractivity contribution in [2.75, 3.05) is 33.1 Å². The van der Waals surface area contributed by atoms with E-state index in [1.807, 2.05) is 11.7 Å². The number of methoxy groups -OCH3 is 1. The molecule has 0 aromatic carbocycles. The van der Waals surface area contributed by atoms with Crippen LogP contribution in [-0.2, 0) is 17.8 Å². The summed E-state index contributed by atoms with van der Waals surface area (Å²) in [4.78, 5) is 4.35. The Morgan fingerprint density at radius 2 is 2.21 bits per heavy atom. The van der Waals surface area contributed by atoms with Gasteiger partial charge in [-0.2, -0.15) is 16.9 Å². The zero-order valence-electron chi connectivity index (χ0n) is 15.6. The standard InChI is InChI=1S/C17H31N5OS/c1-13-15(14(2)22(21-13)8-9-23-5)11-19-16(18-4)20-12-17(3)7-6-10-24-17/h6-12H2,1-5H3,(H2,18,19,20). The van der Waals surface area contributed by atoms with E-state index in [1.165, 1.54) is 29.9 Å². The highest BCUT2D eigenvalue weighted by atomic mass is 32.2. The summed E-state index contributed by atoms with van der Waals surface area (Å²) in [7, 11) is 3.54. The van der Waals surface area contributed by atoms with Crippen LogP contribution in [0.3, 0.4) is 0 Å². The number of nitrogens with one attached hydrogen (secondary N) is 2. The minimum absolute atomic E-state index is 0.328. The maximum absolute atomic E-state index is 5.15. The van der Waals surface area contributed by atoms with Crippen LogP contribution >= 0.6 is 11.8 Å². The number of ether oxygens (including phenoxy) is 1. The van der Waals surface area contributed by atoms with Crippen LogP contribution in [0.5, 0.6) is 0 Å². The van der Waals surface area contributed by atoms with Crippen molar-refractivity contribution in [2.24, 2.45) is 4.99 Å². The monoisotopic (exact) mass is 353 g/mol. The lowest BCUT2D eigenvalue weighted by Gasteiger charge is -2.24. The lowest BCUT2D eigenvalue weighted by molar-refractivity contribution is 0.182. The first-order valence-corrected chi connectivity index (χ1v) is 9.58. The fraction of sp³-hybridized carbons (Fsp3) is 0.765. The predicted octanol–water partition coefficient (Wildman–Crippen LogP) is 2.10. The number of nitrogens with zero attached hydrogens (tertiary/aromatic N) is 3. The van der Waals surface area contributed by atoms with Gasteiger partial charge in [-0.1, -0.05) is 0 Å². The fourth-order valence-corrected chi connectivity index (χ4v) is 4.27. The van der Waals surface area contributed by atoms with Crippen molar-refractivity contribution in [3.05, 3.63) is 17.0 Å². The Labute approximate surface area is 149 Å². The number of guanidine groups is 1. The van der Waals surface area contributed by atoms with E-state index in [4.69, 9.17) is 4.74 Å². The van der Waals surface area contributed by atoms with Crippen LogP contribution in [-0.4, -0.2) is 53.5 Å². The Morgan fingerprint density at radius 1 is 1.42 bits per heavy atom. The Morgan fingerprint density at radius 3 is 2.83 bits per heavy atom. The third kappa shape index (κ3) is 4.89. The number of rotatable bonds is 7. The molecule has 0 radical (unpaired) electrons. The lowest BCUT2D eigenvalue weighted by atomic mass is 10.1. The molecular weight excluding hydrogens is 322 g/mol. The topological polar surface area (TPSA) is 63.5 Å². The molecule has 0 saturated carbocycles. The summed E-state index contributed by atoms with van der Waals surface area (Å²) in [6.07, 6.45) is 2.58. The van der Waals surface area contributed by atoms with Gasteiger partial charge < -0.3 is 15.4 Å². The molecule has 1 saturated heterocycles. The van der Waals surface area contributed by atoms with Crippen LogP contribution in [0.15, 0.2) is 4.99 Å². The molecule has 24 heavy (non-hydrogen) atoms. The summed E-state index contributed by atoms with van der Waals surface area (Å²) in [5.41, 5.74) is 3.48. The van der Waals surface area contributed by atoms with E-state index >= 15 is 0 Å². The number of hydrogen-bond acceptors (Lipinski definition) is 4. The van der Waals surface area contributed by atoms with Gasteiger partial charge in [0.05, 0.1) is 18.8 Å². The van der Waals surface area contributed by atoms with Gasteiger partial charge in [0.25, 0.3) is 0 Å². The largest absolute Gasteiger partial charge is 0.383 e. The molecule has 2 heterocycles. The van der Waals surface area contributed by atoms with Gasteiger partial charge in [-0.3, -0.25) is 9.67 Å². The first kappa shape index (κ1) is 19.1. The maximum atomic E-state index is 5.15. The van der Waals surface area contributed by atoms with Crippen molar-refractivity contribution >= 4 is 17.7 Å². The van der Waals surface area contributed by atoms with E-state index in [1.54, 1.807) is 7.11 Å². The minimum Gasteiger partial charge on any atom is -0.383 e. The first-order valence-electron chi connectivity index (χ1n) is 8.59. The SMILES string of the molecule is CN=C(NCc1c(C)nn(CCOC)c1C)NCC1(C)CCCS1. The summed E-state index contributed by atoms with van der Waals surface area (Å²) < 4.78 is 7.49. The highest BCUT2D eigenvalue weighted by Crippen LogP contribution is 2.36. The van der Waals surface area contributed by atoms with Crippen molar-refractivity contribution in [1.29, 1.82) is 0 Å². The molecule has 7 heteroatoms. The molecule has 1 aliphatic heterocycles. The second kappa shape index (κ2) is 8.76. The smallest absolute Gasteiger partial charge is 0.191 e. The Balaban J connectivity index is 1.90. The van der Waals surface area contributed by atoms with E-state index in [-0.39, 0.29) is 0 Å². The molecule has 2 N–H and O–H groups in total. The molecule has 136 valence electrons. The van der Waals surface area contributed by atoms with Crippen molar-refractivity contribution < 1.29 is 4.74 Å². The Hall–Kier alpha value is -1.21. The summed E-state index contributed by atoms with van der Waals surface area (Å²) in [5, 5.41) is 11.5. The molecular formula is C17H31N5OS. The molecule has 0 bridgehead atoms. The zero-order chi connectivity index (χ0) is 17.6. The molecule has 1 aromatic heterocycles. The highest BCUT2D eigenvalue weighted by Gasteiger charge is 2.29. The average molecular weight is 354 g/mol. The zero-order valence-corrected chi connectivity index (χ0v) is 16.4. The molecule has 1 fully saturated rings. The normalized spacial score (nSPS) is 21.3. The summed E-state index contributed by atoms with van der Waals surface area (Å²) >= 11 is 2.06. The number of thioether (sulfide) groups is 1. The third-order valence-electron chi connectivity index (χ3n) is 4.63. The Kier molecular flexibility index (Phi) is 6.98. The van der Waals surface area contributed by atoms with E-state index in [9.17, 15) is 0 Å². The van der Waals surface area contributed by atoms with Crippen LogP contribution in [0, 0.1) is 13.8 Å². The molecule has 0 aliphatic carbocycles. The van der Waals surface area contributed by atoms with Gasteiger partial charge in [0.15, 0.2) is 5.96 Å². The molecule has 0 amide bonds. The average Bonchev–Trinajstić information content (AvgIpc) is 3.11. The van der Waals surface area contributed by atoms with Crippen molar-refractivity contribution in [3.8, 4) is 0 Å². The highest BCUT2D eigenvalue weighted by molar-refractivity contribution is 8.00. The van der Waals surface area contributed by atoms with E-state index in [0.29, 0.717) is 11.4 Å². The molecule has 1 aliphatic rings. The van der Waals surface area contributed by atoms with E-state index < -0.39 is 0 Å². The van der Waals surface area contributed by atoms with Gasteiger partial charge in [0.2, 0.25) is 0 Å². The first-order chi connectivity index (χ1) is 11.5. The molecule has 1 unspecified atom stereocenters. The molecule has 6 nitrogen and oxygen atoms in total. The second-order valence-corrected chi connectivity index (χ2v) is 8.23. The van der Waals surface area contributed by atoms with E-state index in [0.717, 1.165) is 31.3 Å². The summed E-state index contributed by atoms with van der Waals surface area (Å²) in [6.45, 7) is 9.63. The van der Waals surface area contributed by atoms with Crippen LogP contribution < -0.4 is 10.6 Å². The summed E-state index contributed by atoms with van der Waals surface area (Å²) in [5.74, 6) is 2.12. The lowest BCUT2D eigenvalue weighted by Crippen LogP contribution is -2.43. The number of hydrogen-bond donors (Lipinski definition) is 2. The van der Waals surface area contributed by atoms with E-state index in [2.05, 4.69) is 53.3 Å². The van der Waals surface area contributed by atoms with Crippen molar-refractivity contribution in [2.45, 2.75) is 51.4 Å². The fourth-order valence-electron chi connectivity index (χ4n) is 3.02. The predicted molar refractivity (Wildman–Crippen MR) is 102 cm³/mol. The third-order valence-corrected chi connectivity index (χ3v) is 6.16. The molecule has 0 spiro atoms. The molecule has 1 aromatic rings. The van der Waals surface area contributed by atoms with Crippen LogP contribution in [0.2, 0.25) is 0 Å².